The summed E-state index contributed by atoms with van der Waals surface area (Å²) < 4.78 is 26.5. The van der Waals surface area contributed by atoms with Crippen molar-refractivity contribution in [3.8, 4) is 0 Å². The molecule has 2 aliphatic heterocycles. The van der Waals surface area contributed by atoms with Crippen LogP contribution in [0, 0.1) is 0 Å². The van der Waals surface area contributed by atoms with Gasteiger partial charge in [0.05, 0.1) is 17.0 Å². The highest BCUT2D eigenvalue weighted by molar-refractivity contribution is 7.93. The number of hydrogen-bond donors (Lipinski definition) is 1. The van der Waals surface area contributed by atoms with Crippen molar-refractivity contribution >= 4 is 21.6 Å². The zero-order valence-corrected chi connectivity index (χ0v) is 15.2. The molecule has 138 valence electrons. The molecular formula is C18H22N4O3S. The van der Waals surface area contributed by atoms with E-state index in [1.54, 1.807) is 11.1 Å². The Labute approximate surface area is 152 Å². The molecule has 1 aromatic carbocycles. The Morgan fingerprint density at radius 1 is 1.15 bits per heavy atom. The molecule has 0 aliphatic carbocycles. The van der Waals surface area contributed by atoms with Crippen LogP contribution in [-0.4, -0.2) is 52.7 Å². The van der Waals surface area contributed by atoms with Crippen molar-refractivity contribution in [2.75, 3.05) is 18.4 Å². The molecule has 2 amide bonds. The molecule has 8 heteroatoms. The minimum absolute atomic E-state index is 0.229. The van der Waals surface area contributed by atoms with Gasteiger partial charge in [-0.05, 0) is 43.0 Å². The quantitative estimate of drug-likeness (QED) is 0.892. The lowest BCUT2D eigenvalue weighted by Gasteiger charge is -2.24. The molecule has 26 heavy (non-hydrogen) atoms. The minimum Gasteiger partial charge on any atom is -0.323 e. The summed E-state index contributed by atoms with van der Waals surface area (Å²) in [7, 11) is -3.07. The number of rotatable bonds is 3. The van der Waals surface area contributed by atoms with Gasteiger partial charge in [-0.1, -0.05) is 12.1 Å². The summed E-state index contributed by atoms with van der Waals surface area (Å²) in [5.41, 5.74) is 1.79. The first-order valence-electron chi connectivity index (χ1n) is 8.87. The predicted molar refractivity (Wildman–Crippen MR) is 98.7 cm³/mol. The fourth-order valence-electron chi connectivity index (χ4n) is 3.77. The molecule has 0 spiro atoms. The molecule has 2 saturated heterocycles. The third kappa shape index (κ3) is 3.33. The molecule has 2 aromatic rings. The Bertz CT molecular complexity index is 878. The molecule has 4 rings (SSSR count). The minimum atomic E-state index is -3.07. The number of urea groups is 1. The maximum atomic E-state index is 12.6. The van der Waals surface area contributed by atoms with Gasteiger partial charge in [0.25, 0.3) is 0 Å². The Balaban J connectivity index is 1.39. The van der Waals surface area contributed by atoms with Gasteiger partial charge < -0.3 is 10.2 Å². The summed E-state index contributed by atoms with van der Waals surface area (Å²) in [6, 6.07) is 9.27. The average molecular weight is 374 g/mol. The summed E-state index contributed by atoms with van der Waals surface area (Å²) in [4.78, 5) is 14.2. The van der Waals surface area contributed by atoms with E-state index in [9.17, 15) is 13.2 Å². The van der Waals surface area contributed by atoms with Gasteiger partial charge in [0, 0.05) is 31.2 Å². The average Bonchev–Trinajstić information content (AvgIpc) is 3.15. The Kier molecular flexibility index (Phi) is 4.44. The summed E-state index contributed by atoms with van der Waals surface area (Å²) in [6.07, 6.45) is 5.58. The van der Waals surface area contributed by atoms with Gasteiger partial charge in [0.1, 0.15) is 0 Å². The first-order valence-corrected chi connectivity index (χ1v) is 10.5. The number of nitrogens with one attached hydrogen (secondary N) is 1. The molecule has 7 nitrogen and oxygen atoms in total. The van der Waals surface area contributed by atoms with Gasteiger partial charge in [-0.2, -0.15) is 5.10 Å². The molecule has 1 aromatic heterocycles. The van der Waals surface area contributed by atoms with E-state index in [1.165, 1.54) is 0 Å². The number of sulfone groups is 1. The Hall–Kier alpha value is -2.35. The molecule has 0 radical (unpaired) electrons. The van der Waals surface area contributed by atoms with Crippen LogP contribution < -0.4 is 5.32 Å². The van der Waals surface area contributed by atoms with Gasteiger partial charge in [0.2, 0.25) is 0 Å². The summed E-state index contributed by atoms with van der Waals surface area (Å²) >= 11 is 0. The number of anilines is 1. The van der Waals surface area contributed by atoms with Crippen LogP contribution in [0.25, 0.3) is 0 Å². The number of hydrogen-bond acceptors (Lipinski definition) is 4. The smallest absolute Gasteiger partial charge is 0.321 e. The van der Waals surface area contributed by atoms with Crippen LogP contribution in [0.1, 0.15) is 24.8 Å². The summed E-state index contributed by atoms with van der Waals surface area (Å²) in [5.74, 6) is 0. The maximum absolute atomic E-state index is 12.6. The van der Waals surface area contributed by atoms with Crippen molar-refractivity contribution in [1.82, 2.24) is 14.7 Å². The number of nitrogens with zero attached hydrogens (tertiary/aromatic N) is 3. The van der Waals surface area contributed by atoms with Gasteiger partial charge in [0.15, 0.2) is 9.84 Å². The maximum Gasteiger partial charge on any atom is 0.321 e. The number of amides is 2. The Morgan fingerprint density at radius 2 is 1.92 bits per heavy atom. The van der Waals surface area contributed by atoms with Crippen LogP contribution in [0.4, 0.5) is 10.5 Å². The number of likely N-dealkylation sites (tertiary alicyclic amines) is 1. The van der Waals surface area contributed by atoms with E-state index in [4.69, 9.17) is 0 Å². The van der Waals surface area contributed by atoms with E-state index in [0.29, 0.717) is 38.2 Å². The van der Waals surface area contributed by atoms with Crippen molar-refractivity contribution in [3.05, 3.63) is 48.3 Å². The number of aromatic nitrogens is 2. The first-order chi connectivity index (χ1) is 12.5. The topological polar surface area (TPSA) is 84.3 Å². The van der Waals surface area contributed by atoms with E-state index >= 15 is 0 Å². The monoisotopic (exact) mass is 374 g/mol. The van der Waals surface area contributed by atoms with E-state index in [1.807, 2.05) is 41.2 Å². The number of carbonyl (C=O) groups excluding carboxylic acids is 1. The van der Waals surface area contributed by atoms with Crippen molar-refractivity contribution in [1.29, 1.82) is 0 Å². The molecule has 2 aliphatic rings. The van der Waals surface area contributed by atoms with Crippen molar-refractivity contribution in [2.45, 2.75) is 36.3 Å². The molecule has 2 atom stereocenters. The normalized spacial score (nSPS) is 24.2. The molecule has 3 heterocycles. The molecule has 0 saturated carbocycles. The Morgan fingerprint density at radius 3 is 2.65 bits per heavy atom. The van der Waals surface area contributed by atoms with Crippen molar-refractivity contribution in [2.24, 2.45) is 0 Å². The van der Waals surface area contributed by atoms with Crippen LogP contribution >= 0.6 is 0 Å². The van der Waals surface area contributed by atoms with Crippen molar-refractivity contribution < 1.29 is 13.2 Å². The SMILES string of the molecule is O=C(Nc1ccc(Cn2cccn2)cc1)N1CCC2CCC(C1)S2(=O)=O. The van der Waals surface area contributed by atoms with Crippen LogP contribution in [0.5, 0.6) is 0 Å². The fraction of sp³-hybridized carbons (Fsp3) is 0.444. The zero-order chi connectivity index (χ0) is 18.1. The van der Waals surface area contributed by atoms with Gasteiger partial charge in [-0.3, -0.25) is 4.68 Å². The highest BCUT2D eigenvalue weighted by atomic mass is 32.2. The first kappa shape index (κ1) is 17.1. The third-order valence-electron chi connectivity index (χ3n) is 5.28. The fourth-order valence-corrected chi connectivity index (χ4v) is 6.07. The summed E-state index contributed by atoms with van der Waals surface area (Å²) in [6.45, 7) is 1.46. The highest BCUT2D eigenvalue weighted by Crippen LogP contribution is 2.33. The molecule has 2 fully saturated rings. The molecule has 1 N–H and O–H groups in total. The molecular weight excluding hydrogens is 352 g/mol. The predicted octanol–water partition coefficient (Wildman–Crippen LogP) is 2.11. The van der Waals surface area contributed by atoms with Crippen LogP contribution in [0.3, 0.4) is 0 Å². The number of fused-ring (bicyclic) bond motifs is 2. The lowest BCUT2D eigenvalue weighted by atomic mass is 10.1. The second-order valence-electron chi connectivity index (χ2n) is 6.98. The lowest BCUT2D eigenvalue weighted by molar-refractivity contribution is 0.209. The van der Waals surface area contributed by atoms with E-state index in [0.717, 1.165) is 12.0 Å². The van der Waals surface area contributed by atoms with Gasteiger partial charge >= 0.3 is 6.03 Å². The van der Waals surface area contributed by atoms with Gasteiger partial charge in [-0.15, -0.1) is 0 Å². The lowest BCUT2D eigenvalue weighted by Crippen LogP contribution is -2.40. The third-order valence-corrected chi connectivity index (χ3v) is 8.00. The van der Waals surface area contributed by atoms with Crippen LogP contribution in [-0.2, 0) is 16.4 Å². The largest absolute Gasteiger partial charge is 0.323 e. The highest BCUT2D eigenvalue weighted by Gasteiger charge is 2.44. The number of benzene rings is 1. The van der Waals surface area contributed by atoms with Gasteiger partial charge in [-0.25, -0.2) is 13.2 Å². The summed E-state index contributed by atoms with van der Waals surface area (Å²) in [5, 5.41) is 6.38. The zero-order valence-electron chi connectivity index (χ0n) is 14.4. The van der Waals surface area contributed by atoms with E-state index in [-0.39, 0.29) is 11.3 Å². The molecule has 2 unspecified atom stereocenters. The van der Waals surface area contributed by atoms with E-state index in [2.05, 4.69) is 10.4 Å². The second kappa shape index (κ2) is 6.75. The van der Waals surface area contributed by atoms with Crippen LogP contribution in [0.15, 0.2) is 42.7 Å². The van der Waals surface area contributed by atoms with Crippen LogP contribution in [0.2, 0.25) is 0 Å². The number of carbonyl (C=O) groups is 1. The standard InChI is InChI=1S/C18H22N4O3S/c23-18(21-11-8-16-6-7-17(13-21)26(16,24)25)20-15-4-2-14(3-5-15)12-22-10-1-9-19-22/h1-5,9-10,16-17H,6-8,11-13H2,(H,20,23). The van der Waals surface area contributed by atoms with Crippen molar-refractivity contribution in [3.63, 3.8) is 0 Å². The molecule has 2 bridgehead atoms. The van der Waals surface area contributed by atoms with E-state index < -0.39 is 15.1 Å². The second-order valence-corrected chi connectivity index (χ2v) is 9.49.